The number of hydrogen-bond acceptors (Lipinski definition) is 7. The number of hydrogen-bond donors (Lipinski definition) is 4. The molecule has 1 aliphatic carbocycles. The van der Waals surface area contributed by atoms with Crippen molar-refractivity contribution in [2.45, 2.75) is 6.92 Å². The summed E-state index contributed by atoms with van der Waals surface area (Å²) in [6.07, 6.45) is 0. The summed E-state index contributed by atoms with van der Waals surface area (Å²) in [5.74, 6) is 0.112. The number of benzene rings is 4. The molecule has 0 bridgehead atoms. The third-order valence-electron chi connectivity index (χ3n) is 5.37. The van der Waals surface area contributed by atoms with E-state index in [0.29, 0.717) is 44.7 Å². The fourth-order valence-electron chi connectivity index (χ4n) is 3.78. The van der Waals surface area contributed by atoms with Crippen LogP contribution in [0.4, 0.5) is 5.69 Å². The van der Waals surface area contributed by atoms with E-state index in [1.165, 1.54) is 18.2 Å². The SMILES string of the molecule is Cc1ccc(-c2cc3nc4cc(-c5ccc(O)cc5O)c(N)cc4oc-3cc2=O)c(O)c1. The van der Waals surface area contributed by atoms with Gasteiger partial charge in [0, 0.05) is 46.1 Å². The van der Waals surface area contributed by atoms with E-state index in [0.717, 1.165) is 5.56 Å². The van der Waals surface area contributed by atoms with E-state index in [-0.39, 0.29) is 28.4 Å². The molecule has 0 saturated heterocycles. The van der Waals surface area contributed by atoms with Gasteiger partial charge in [0.15, 0.2) is 16.8 Å². The lowest BCUT2D eigenvalue weighted by atomic mass is 10.00. The van der Waals surface area contributed by atoms with Crippen molar-refractivity contribution in [3.8, 4) is 51.0 Å². The van der Waals surface area contributed by atoms with E-state index in [1.54, 1.807) is 36.4 Å². The number of fused-ring (bicyclic) bond motifs is 2. The van der Waals surface area contributed by atoms with Crippen LogP contribution in [0.25, 0.3) is 44.8 Å². The maximum Gasteiger partial charge on any atom is 0.190 e. The van der Waals surface area contributed by atoms with Crippen LogP contribution in [0.2, 0.25) is 0 Å². The lowest BCUT2D eigenvalue weighted by molar-refractivity contribution is 0.452. The van der Waals surface area contributed by atoms with E-state index in [1.807, 2.05) is 13.0 Å². The standard InChI is InChI=1S/C25H18N2O5/c1-12-2-4-15(21(29)6-12)17-9-20-25(11-23(17)31)32-24-10-18(26)16(8-19(24)27-20)14-5-3-13(28)7-22(14)30/h2-11,28-30H,26H2,1H3. The second kappa shape index (κ2) is 7.02. The Kier molecular flexibility index (Phi) is 4.27. The molecular formula is C25H18N2O5. The smallest absolute Gasteiger partial charge is 0.190 e. The van der Waals surface area contributed by atoms with Gasteiger partial charge in [0.2, 0.25) is 0 Å². The average Bonchev–Trinajstić information content (AvgIpc) is 2.72. The zero-order valence-electron chi connectivity index (χ0n) is 17.0. The Bertz CT molecular complexity index is 1550. The topological polar surface area (TPSA) is 130 Å². The van der Waals surface area contributed by atoms with Crippen LogP contribution < -0.4 is 11.2 Å². The van der Waals surface area contributed by atoms with Crippen molar-refractivity contribution < 1.29 is 19.7 Å². The van der Waals surface area contributed by atoms with Gasteiger partial charge >= 0.3 is 0 Å². The Labute approximate surface area is 182 Å². The van der Waals surface area contributed by atoms with Crippen LogP contribution in [0.5, 0.6) is 17.2 Å². The minimum Gasteiger partial charge on any atom is -0.508 e. The molecule has 3 aromatic rings. The molecule has 0 saturated carbocycles. The molecule has 32 heavy (non-hydrogen) atoms. The van der Waals surface area contributed by atoms with E-state index in [9.17, 15) is 20.1 Å². The summed E-state index contributed by atoms with van der Waals surface area (Å²) in [7, 11) is 0. The number of rotatable bonds is 2. The monoisotopic (exact) mass is 426 g/mol. The van der Waals surface area contributed by atoms with Crippen LogP contribution in [0.3, 0.4) is 0 Å². The molecule has 1 heterocycles. The first-order valence-corrected chi connectivity index (χ1v) is 9.80. The number of nitrogen functional groups attached to an aromatic ring is 1. The molecular weight excluding hydrogens is 408 g/mol. The van der Waals surface area contributed by atoms with Gasteiger partial charge in [-0.15, -0.1) is 0 Å². The molecule has 1 aliphatic heterocycles. The van der Waals surface area contributed by atoms with E-state index in [2.05, 4.69) is 4.98 Å². The van der Waals surface area contributed by atoms with Gasteiger partial charge in [0.05, 0.1) is 0 Å². The van der Waals surface area contributed by atoms with Gasteiger partial charge in [-0.1, -0.05) is 12.1 Å². The molecule has 0 aromatic heterocycles. The van der Waals surface area contributed by atoms with Gasteiger partial charge < -0.3 is 25.5 Å². The normalized spacial score (nSPS) is 11.3. The maximum absolute atomic E-state index is 12.7. The molecule has 5 rings (SSSR count). The molecule has 158 valence electrons. The number of aromatic nitrogens is 1. The Hall–Kier alpha value is -4.52. The Morgan fingerprint density at radius 3 is 2.28 bits per heavy atom. The molecule has 3 aromatic carbocycles. The predicted molar refractivity (Wildman–Crippen MR) is 122 cm³/mol. The van der Waals surface area contributed by atoms with E-state index in [4.69, 9.17) is 10.2 Å². The molecule has 2 aliphatic rings. The van der Waals surface area contributed by atoms with Crippen molar-refractivity contribution in [1.82, 2.24) is 4.98 Å². The van der Waals surface area contributed by atoms with Crippen LogP contribution in [0.1, 0.15) is 5.56 Å². The summed E-state index contributed by atoms with van der Waals surface area (Å²) in [6, 6.07) is 15.5. The van der Waals surface area contributed by atoms with Gasteiger partial charge in [-0.05, 0) is 42.8 Å². The van der Waals surface area contributed by atoms with Crippen molar-refractivity contribution in [3.05, 3.63) is 76.5 Å². The van der Waals surface area contributed by atoms with Crippen molar-refractivity contribution >= 4 is 16.8 Å². The molecule has 0 amide bonds. The highest BCUT2D eigenvalue weighted by Crippen LogP contribution is 2.38. The van der Waals surface area contributed by atoms with E-state index >= 15 is 0 Å². The van der Waals surface area contributed by atoms with Crippen molar-refractivity contribution in [1.29, 1.82) is 0 Å². The molecule has 5 N–H and O–H groups in total. The number of phenols is 3. The molecule has 7 heteroatoms. The molecule has 0 spiro atoms. The summed E-state index contributed by atoms with van der Waals surface area (Å²) in [5.41, 5.74) is 10.0. The second-order valence-electron chi connectivity index (χ2n) is 7.66. The van der Waals surface area contributed by atoms with Crippen molar-refractivity contribution in [3.63, 3.8) is 0 Å². The van der Waals surface area contributed by atoms with Gasteiger partial charge in [-0.2, -0.15) is 0 Å². The zero-order chi connectivity index (χ0) is 22.6. The van der Waals surface area contributed by atoms with Gasteiger partial charge in [0.25, 0.3) is 0 Å². The van der Waals surface area contributed by atoms with Crippen LogP contribution in [-0.4, -0.2) is 20.3 Å². The lowest BCUT2D eigenvalue weighted by Gasteiger charge is -2.13. The summed E-state index contributed by atoms with van der Waals surface area (Å²) in [6.45, 7) is 1.85. The van der Waals surface area contributed by atoms with Gasteiger partial charge in [-0.25, -0.2) is 4.98 Å². The molecule has 0 radical (unpaired) electrons. The quantitative estimate of drug-likeness (QED) is 0.239. The van der Waals surface area contributed by atoms with Gasteiger partial charge in [0.1, 0.15) is 28.5 Å². The van der Waals surface area contributed by atoms with Gasteiger partial charge in [-0.3, -0.25) is 4.79 Å². The number of nitrogens with two attached hydrogens (primary N) is 1. The minimum absolute atomic E-state index is 0.0112. The average molecular weight is 426 g/mol. The fourth-order valence-corrected chi connectivity index (χ4v) is 3.78. The number of phenolic OH excluding ortho intramolecular Hbond substituents is 3. The second-order valence-corrected chi connectivity index (χ2v) is 7.66. The summed E-state index contributed by atoms with van der Waals surface area (Å²) in [5, 5.41) is 30.1. The predicted octanol–water partition coefficient (Wildman–Crippen LogP) is 4.63. The molecule has 7 nitrogen and oxygen atoms in total. The highest BCUT2D eigenvalue weighted by molar-refractivity contribution is 5.91. The van der Waals surface area contributed by atoms with Crippen LogP contribution >= 0.6 is 0 Å². The highest BCUT2D eigenvalue weighted by Gasteiger charge is 2.18. The largest absolute Gasteiger partial charge is 0.508 e. The molecule has 0 atom stereocenters. The van der Waals surface area contributed by atoms with E-state index < -0.39 is 0 Å². The molecule has 0 fully saturated rings. The third-order valence-corrected chi connectivity index (χ3v) is 5.37. The molecule has 0 unspecified atom stereocenters. The third kappa shape index (κ3) is 3.16. The lowest BCUT2D eigenvalue weighted by Crippen LogP contribution is -2.06. The van der Waals surface area contributed by atoms with Crippen molar-refractivity contribution in [2.24, 2.45) is 0 Å². The number of aryl methyl sites for hydroxylation is 1. The fraction of sp³-hybridized carbons (Fsp3) is 0.0400. The first-order valence-electron chi connectivity index (χ1n) is 9.80. The Balaban J connectivity index is 1.73. The zero-order valence-corrected chi connectivity index (χ0v) is 17.0. The summed E-state index contributed by atoms with van der Waals surface area (Å²) >= 11 is 0. The summed E-state index contributed by atoms with van der Waals surface area (Å²) < 4.78 is 5.88. The van der Waals surface area contributed by atoms with Crippen LogP contribution in [0, 0.1) is 6.92 Å². The Morgan fingerprint density at radius 1 is 0.812 bits per heavy atom. The number of aromatic hydroxyl groups is 3. The minimum atomic E-state index is -0.305. The Morgan fingerprint density at radius 2 is 1.53 bits per heavy atom. The number of nitrogens with zero attached hydrogens (tertiary/aromatic N) is 1. The van der Waals surface area contributed by atoms with Crippen molar-refractivity contribution in [2.75, 3.05) is 5.73 Å². The first-order chi connectivity index (χ1) is 15.3. The highest BCUT2D eigenvalue weighted by atomic mass is 16.3. The summed E-state index contributed by atoms with van der Waals surface area (Å²) in [4.78, 5) is 17.3. The van der Waals surface area contributed by atoms with Crippen LogP contribution in [0.15, 0.2) is 69.9 Å². The number of anilines is 1. The van der Waals surface area contributed by atoms with Crippen LogP contribution in [-0.2, 0) is 0 Å². The first kappa shape index (κ1) is 19.4. The maximum atomic E-state index is 12.7.